The van der Waals surface area contributed by atoms with Gasteiger partial charge in [0.1, 0.15) is 6.54 Å². The fraction of sp³-hybridized carbons (Fsp3) is 0.818. The van der Waals surface area contributed by atoms with Gasteiger partial charge in [0, 0.05) is 19.1 Å². The summed E-state index contributed by atoms with van der Waals surface area (Å²) in [5, 5.41) is 3.10. The lowest BCUT2D eigenvalue weighted by atomic mass is 10.1. The summed E-state index contributed by atoms with van der Waals surface area (Å²) in [4.78, 5) is 27.1. The summed E-state index contributed by atoms with van der Waals surface area (Å²) in [6.07, 6.45) is 0.958. The van der Waals surface area contributed by atoms with Gasteiger partial charge >= 0.3 is 0 Å². The summed E-state index contributed by atoms with van der Waals surface area (Å²) in [5.41, 5.74) is 0. The molecule has 0 aromatic carbocycles. The number of carbonyl (C=O) groups is 2. The van der Waals surface area contributed by atoms with Crippen molar-refractivity contribution in [3.63, 3.8) is 0 Å². The third-order valence-corrected chi connectivity index (χ3v) is 3.57. The number of piperazine rings is 2. The predicted octanol–water partition coefficient (Wildman–Crippen LogP) is -0.572. The molecule has 5 nitrogen and oxygen atoms in total. The molecule has 2 aliphatic rings. The standard InChI is InChI=1S/C11H19N3O2/c1-3-8(2)13-6-9-4-12-5-10(15)14(9)7-11(13)16/h8-9,12H,3-7H2,1-2H3. The lowest BCUT2D eigenvalue weighted by Crippen LogP contribution is -2.66. The molecule has 0 bridgehead atoms. The van der Waals surface area contributed by atoms with Gasteiger partial charge in [0.15, 0.2) is 0 Å². The number of rotatable bonds is 2. The van der Waals surface area contributed by atoms with Crippen LogP contribution >= 0.6 is 0 Å². The molecular formula is C11H19N3O2. The summed E-state index contributed by atoms with van der Waals surface area (Å²) in [6.45, 7) is 6.24. The lowest BCUT2D eigenvalue weighted by molar-refractivity contribution is -0.152. The summed E-state index contributed by atoms with van der Waals surface area (Å²) in [5.74, 6) is 0.134. The first-order valence-corrected chi connectivity index (χ1v) is 5.93. The highest BCUT2D eigenvalue weighted by Crippen LogP contribution is 2.16. The van der Waals surface area contributed by atoms with Gasteiger partial charge in [0.05, 0.1) is 12.6 Å². The Kier molecular flexibility index (Phi) is 3.14. The van der Waals surface area contributed by atoms with Crippen molar-refractivity contribution in [1.82, 2.24) is 15.1 Å². The van der Waals surface area contributed by atoms with Crippen molar-refractivity contribution in [3.05, 3.63) is 0 Å². The molecule has 2 heterocycles. The minimum Gasteiger partial charge on any atom is -0.336 e. The van der Waals surface area contributed by atoms with Gasteiger partial charge in [-0.3, -0.25) is 9.59 Å². The van der Waals surface area contributed by atoms with Crippen LogP contribution in [-0.4, -0.2) is 59.9 Å². The number of fused-ring (bicyclic) bond motifs is 1. The third-order valence-electron chi connectivity index (χ3n) is 3.57. The molecule has 2 rings (SSSR count). The van der Waals surface area contributed by atoms with E-state index >= 15 is 0 Å². The molecule has 5 heteroatoms. The fourth-order valence-corrected chi connectivity index (χ4v) is 2.35. The van der Waals surface area contributed by atoms with E-state index in [1.54, 1.807) is 4.90 Å². The quantitative estimate of drug-likeness (QED) is 0.684. The van der Waals surface area contributed by atoms with Gasteiger partial charge in [-0.1, -0.05) is 6.92 Å². The largest absolute Gasteiger partial charge is 0.336 e. The van der Waals surface area contributed by atoms with Crippen LogP contribution in [-0.2, 0) is 9.59 Å². The molecular weight excluding hydrogens is 206 g/mol. The number of nitrogens with zero attached hydrogens (tertiary/aromatic N) is 2. The smallest absolute Gasteiger partial charge is 0.242 e. The van der Waals surface area contributed by atoms with E-state index in [2.05, 4.69) is 19.2 Å². The van der Waals surface area contributed by atoms with Gasteiger partial charge in [0.25, 0.3) is 0 Å². The average molecular weight is 225 g/mol. The van der Waals surface area contributed by atoms with Crippen LogP contribution in [0.15, 0.2) is 0 Å². The molecule has 2 saturated heterocycles. The maximum absolute atomic E-state index is 11.9. The monoisotopic (exact) mass is 225 g/mol. The van der Waals surface area contributed by atoms with E-state index in [1.165, 1.54) is 0 Å². The maximum atomic E-state index is 11.9. The molecule has 2 aliphatic heterocycles. The van der Waals surface area contributed by atoms with Crippen LogP contribution in [0, 0.1) is 0 Å². The van der Waals surface area contributed by atoms with Gasteiger partial charge in [-0.25, -0.2) is 0 Å². The summed E-state index contributed by atoms with van der Waals surface area (Å²) >= 11 is 0. The van der Waals surface area contributed by atoms with Crippen LogP contribution in [0.1, 0.15) is 20.3 Å². The SMILES string of the molecule is CCC(C)N1CC2CNCC(=O)N2CC1=O. The van der Waals surface area contributed by atoms with Crippen molar-refractivity contribution in [2.24, 2.45) is 0 Å². The van der Waals surface area contributed by atoms with Crippen LogP contribution in [0.2, 0.25) is 0 Å². The molecule has 2 amide bonds. The molecule has 2 unspecified atom stereocenters. The van der Waals surface area contributed by atoms with E-state index in [4.69, 9.17) is 0 Å². The summed E-state index contributed by atoms with van der Waals surface area (Å²) in [7, 11) is 0. The number of hydrogen-bond acceptors (Lipinski definition) is 3. The van der Waals surface area contributed by atoms with Crippen molar-refractivity contribution in [1.29, 1.82) is 0 Å². The molecule has 16 heavy (non-hydrogen) atoms. The van der Waals surface area contributed by atoms with E-state index in [9.17, 15) is 9.59 Å². The molecule has 0 aromatic rings. The Labute approximate surface area is 95.8 Å². The minimum absolute atomic E-state index is 0.0494. The number of amides is 2. The first kappa shape index (κ1) is 11.4. The maximum Gasteiger partial charge on any atom is 0.242 e. The number of carbonyl (C=O) groups excluding carboxylic acids is 2. The second-order valence-corrected chi connectivity index (χ2v) is 4.61. The topological polar surface area (TPSA) is 52.7 Å². The molecule has 0 aromatic heterocycles. The second kappa shape index (κ2) is 4.41. The Morgan fingerprint density at radius 3 is 2.88 bits per heavy atom. The van der Waals surface area contributed by atoms with Gasteiger partial charge < -0.3 is 15.1 Å². The van der Waals surface area contributed by atoms with E-state index in [0.29, 0.717) is 13.1 Å². The van der Waals surface area contributed by atoms with E-state index in [1.807, 2.05) is 4.90 Å². The van der Waals surface area contributed by atoms with E-state index in [-0.39, 0.29) is 30.4 Å². The van der Waals surface area contributed by atoms with Crippen LogP contribution in [0.3, 0.4) is 0 Å². The summed E-state index contributed by atoms with van der Waals surface area (Å²) in [6, 6.07) is 0.430. The lowest BCUT2D eigenvalue weighted by Gasteiger charge is -2.45. The molecule has 2 atom stereocenters. The fourth-order valence-electron chi connectivity index (χ4n) is 2.35. The molecule has 2 fully saturated rings. The number of hydrogen-bond donors (Lipinski definition) is 1. The van der Waals surface area contributed by atoms with Crippen LogP contribution < -0.4 is 5.32 Å². The van der Waals surface area contributed by atoms with E-state index < -0.39 is 0 Å². The van der Waals surface area contributed by atoms with Crippen LogP contribution in [0.4, 0.5) is 0 Å². The Bertz CT molecular complexity index is 306. The average Bonchev–Trinajstić information content (AvgIpc) is 2.29. The molecule has 0 radical (unpaired) electrons. The molecule has 0 spiro atoms. The van der Waals surface area contributed by atoms with Gasteiger partial charge in [0.2, 0.25) is 11.8 Å². The van der Waals surface area contributed by atoms with Crippen molar-refractivity contribution < 1.29 is 9.59 Å². The molecule has 0 saturated carbocycles. The second-order valence-electron chi connectivity index (χ2n) is 4.61. The number of nitrogens with one attached hydrogen (secondary N) is 1. The van der Waals surface area contributed by atoms with Gasteiger partial charge in [-0.05, 0) is 13.3 Å². The molecule has 0 aliphatic carbocycles. The van der Waals surface area contributed by atoms with Crippen LogP contribution in [0.5, 0.6) is 0 Å². The highest BCUT2D eigenvalue weighted by Gasteiger charge is 2.37. The Balaban J connectivity index is 2.08. The Morgan fingerprint density at radius 2 is 2.19 bits per heavy atom. The van der Waals surface area contributed by atoms with Crippen LogP contribution in [0.25, 0.3) is 0 Å². The van der Waals surface area contributed by atoms with Crippen molar-refractivity contribution in [2.75, 3.05) is 26.2 Å². The first-order valence-electron chi connectivity index (χ1n) is 5.93. The third kappa shape index (κ3) is 1.91. The normalized spacial score (nSPS) is 28.0. The highest BCUT2D eigenvalue weighted by molar-refractivity contribution is 5.88. The minimum atomic E-state index is 0.0494. The molecule has 90 valence electrons. The zero-order chi connectivity index (χ0) is 11.7. The predicted molar refractivity (Wildman–Crippen MR) is 59.8 cm³/mol. The zero-order valence-electron chi connectivity index (χ0n) is 9.90. The molecule has 1 N–H and O–H groups in total. The highest BCUT2D eigenvalue weighted by atomic mass is 16.2. The van der Waals surface area contributed by atoms with Gasteiger partial charge in [-0.15, -0.1) is 0 Å². The summed E-state index contributed by atoms with van der Waals surface area (Å²) < 4.78 is 0. The van der Waals surface area contributed by atoms with Crippen molar-refractivity contribution in [3.8, 4) is 0 Å². The van der Waals surface area contributed by atoms with Gasteiger partial charge in [-0.2, -0.15) is 0 Å². The zero-order valence-corrected chi connectivity index (χ0v) is 9.90. The van der Waals surface area contributed by atoms with Crippen molar-refractivity contribution >= 4 is 11.8 Å². The first-order chi connectivity index (χ1) is 7.63. The van der Waals surface area contributed by atoms with E-state index in [0.717, 1.165) is 13.0 Å². The van der Waals surface area contributed by atoms with Crippen molar-refractivity contribution in [2.45, 2.75) is 32.4 Å². The Morgan fingerprint density at radius 1 is 1.44 bits per heavy atom. The Hall–Kier alpha value is -1.10.